The van der Waals surface area contributed by atoms with Crippen LogP contribution in [-0.4, -0.2) is 36.3 Å². The molecule has 0 aliphatic carbocycles. The zero-order valence-electron chi connectivity index (χ0n) is 9.79. The average molecular weight is 292 g/mol. The van der Waals surface area contributed by atoms with E-state index in [9.17, 15) is 8.42 Å². The topological polar surface area (TPSA) is 63.4 Å². The molecule has 1 aliphatic heterocycles. The van der Waals surface area contributed by atoms with Crippen LogP contribution in [0.5, 0.6) is 0 Å². The van der Waals surface area contributed by atoms with Gasteiger partial charge in [-0.05, 0) is 6.07 Å². The van der Waals surface area contributed by atoms with Gasteiger partial charge >= 0.3 is 0 Å². The Bertz CT molecular complexity index is 487. The molecule has 0 aromatic carbocycles. The Morgan fingerprint density at radius 3 is 2.41 bits per heavy atom. The summed E-state index contributed by atoms with van der Waals surface area (Å²) in [5.74, 6) is 0. The molecule has 4 nitrogen and oxygen atoms in total. The maximum absolute atomic E-state index is 12.4. The molecule has 0 saturated carbocycles. The van der Waals surface area contributed by atoms with Crippen molar-refractivity contribution in [2.24, 2.45) is 0 Å². The van der Waals surface area contributed by atoms with E-state index in [1.165, 1.54) is 17.4 Å². The van der Waals surface area contributed by atoms with Crippen molar-refractivity contribution in [1.82, 2.24) is 4.31 Å². The van der Waals surface area contributed by atoms with E-state index in [0.29, 0.717) is 33.5 Å². The molecule has 1 aromatic rings. The highest BCUT2D eigenvalue weighted by atomic mass is 32.2. The lowest BCUT2D eigenvalue weighted by Gasteiger charge is -2.33. The molecule has 0 spiro atoms. The van der Waals surface area contributed by atoms with Gasteiger partial charge in [0.2, 0.25) is 0 Å². The lowest BCUT2D eigenvalue weighted by Crippen LogP contribution is -2.43. The number of anilines is 1. The Kier molecular flexibility index (Phi) is 3.72. The molecular formula is C10H16N2O2S3. The Morgan fingerprint density at radius 1 is 1.35 bits per heavy atom. The van der Waals surface area contributed by atoms with Crippen LogP contribution < -0.4 is 5.73 Å². The lowest BCUT2D eigenvalue weighted by atomic mass is 10.4. The van der Waals surface area contributed by atoms with Crippen molar-refractivity contribution in [3.05, 3.63) is 11.4 Å². The second-order valence-electron chi connectivity index (χ2n) is 4.28. The summed E-state index contributed by atoms with van der Waals surface area (Å²) in [6.45, 7) is 5.28. The minimum Gasteiger partial charge on any atom is -0.398 e. The van der Waals surface area contributed by atoms with Gasteiger partial charge in [0, 0.05) is 34.7 Å². The molecule has 1 aromatic heterocycles. The summed E-state index contributed by atoms with van der Waals surface area (Å²) in [5, 5.41) is 2.34. The molecule has 1 saturated heterocycles. The lowest BCUT2D eigenvalue weighted by molar-refractivity contribution is 0.406. The van der Waals surface area contributed by atoms with Crippen molar-refractivity contribution in [2.45, 2.75) is 28.6 Å². The Morgan fingerprint density at radius 2 is 1.94 bits per heavy atom. The van der Waals surface area contributed by atoms with Gasteiger partial charge in [0.25, 0.3) is 10.0 Å². The molecule has 1 aliphatic rings. The minimum absolute atomic E-state index is 0.339. The first kappa shape index (κ1) is 13.2. The summed E-state index contributed by atoms with van der Waals surface area (Å²) in [6.07, 6.45) is 0. The van der Waals surface area contributed by atoms with Gasteiger partial charge in [-0.1, -0.05) is 13.8 Å². The number of rotatable bonds is 2. The third kappa shape index (κ3) is 2.78. The summed E-state index contributed by atoms with van der Waals surface area (Å²) in [4.78, 5) is 0. The van der Waals surface area contributed by atoms with Crippen LogP contribution in [0.3, 0.4) is 0 Å². The highest BCUT2D eigenvalue weighted by Gasteiger charge is 2.32. The van der Waals surface area contributed by atoms with Gasteiger partial charge in [0.05, 0.1) is 0 Å². The summed E-state index contributed by atoms with van der Waals surface area (Å²) < 4.78 is 26.6. The number of hydrogen-bond acceptors (Lipinski definition) is 5. The first-order valence-corrected chi connectivity index (χ1v) is 8.65. The average Bonchev–Trinajstić information content (AvgIpc) is 2.64. The van der Waals surface area contributed by atoms with Crippen molar-refractivity contribution in [3.63, 3.8) is 0 Å². The largest absolute Gasteiger partial charge is 0.398 e. The van der Waals surface area contributed by atoms with E-state index in [2.05, 4.69) is 13.8 Å². The smallest absolute Gasteiger partial charge is 0.252 e. The second-order valence-corrected chi connectivity index (χ2v) is 9.24. The standard InChI is InChI=1S/C10H16N2O2S3/c1-7-4-12(5-8(2)16-7)17(13,14)10-3-9(11)6-15-10/h3,6-8H,4-5,11H2,1-2H3. The van der Waals surface area contributed by atoms with Crippen LogP contribution in [0.1, 0.15) is 13.8 Å². The van der Waals surface area contributed by atoms with Crippen LogP contribution in [-0.2, 0) is 10.0 Å². The number of nitrogens with zero attached hydrogens (tertiary/aromatic N) is 1. The van der Waals surface area contributed by atoms with E-state index >= 15 is 0 Å². The predicted octanol–water partition coefficient (Wildman–Crippen LogP) is 1.84. The number of hydrogen-bond donors (Lipinski definition) is 1. The van der Waals surface area contributed by atoms with E-state index < -0.39 is 10.0 Å². The van der Waals surface area contributed by atoms with Gasteiger partial charge in [-0.2, -0.15) is 16.1 Å². The van der Waals surface area contributed by atoms with Gasteiger partial charge in [-0.3, -0.25) is 0 Å². The third-order valence-electron chi connectivity index (χ3n) is 2.58. The summed E-state index contributed by atoms with van der Waals surface area (Å²) >= 11 is 3.03. The number of nitrogen functional groups attached to an aromatic ring is 1. The minimum atomic E-state index is -3.35. The van der Waals surface area contributed by atoms with E-state index in [-0.39, 0.29) is 0 Å². The summed E-state index contributed by atoms with van der Waals surface area (Å²) in [7, 11) is -3.35. The first-order chi connectivity index (χ1) is 7.89. The maximum Gasteiger partial charge on any atom is 0.252 e. The van der Waals surface area contributed by atoms with Crippen molar-refractivity contribution < 1.29 is 8.42 Å². The molecule has 17 heavy (non-hydrogen) atoms. The van der Waals surface area contributed by atoms with Crippen molar-refractivity contribution >= 4 is 38.8 Å². The van der Waals surface area contributed by atoms with Gasteiger partial charge in [0.15, 0.2) is 0 Å². The number of thioether (sulfide) groups is 1. The quantitative estimate of drug-likeness (QED) is 0.903. The molecule has 2 rings (SSSR count). The number of nitrogens with two attached hydrogens (primary N) is 1. The Hall–Kier alpha value is -0.240. The Balaban J connectivity index is 2.26. The molecule has 2 unspecified atom stereocenters. The van der Waals surface area contributed by atoms with Gasteiger partial charge < -0.3 is 5.73 Å². The molecule has 1 fully saturated rings. The molecule has 0 radical (unpaired) electrons. The van der Waals surface area contributed by atoms with E-state index in [0.717, 1.165) is 0 Å². The molecule has 2 N–H and O–H groups in total. The molecule has 2 heterocycles. The fourth-order valence-electron chi connectivity index (χ4n) is 1.92. The molecule has 2 atom stereocenters. The predicted molar refractivity (Wildman–Crippen MR) is 74.0 cm³/mol. The normalized spacial score (nSPS) is 27.2. The van der Waals surface area contributed by atoms with Gasteiger partial charge in [-0.15, -0.1) is 11.3 Å². The fraction of sp³-hybridized carbons (Fsp3) is 0.600. The molecule has 0 amide bonds. The van der Waals surface area contributed by atoms with Crippen LogP contribution in [0.4, 0.5) is 5.69 Å². The van der Waals surface area contributed by atoms with Crippen molar-refractivity contribution in [2.75, 3.05) is 18.8 Å². The van der Waals surface area contributed by atoms with Crippen molar-refractivity contribution in [3.8, 4) is 0 Å². The summed E-state index contributed by atoms with van der Waals surface area (Å²) in [5.41, 5.74) is 6.10. The van der Waals surface area contributed by atoms with E-state index in [1.807, 2.05) is 11.8 Å². The van der Waals surface area contributed by atoms with Crippen molar-refractivity contribution in [1.29, 1.82) is 0 Å². The zero-order chi connectivity index (χ0) is 12.6. The van der Waals surface area contributed by atoms with E-state index in [4.69, 9.17) is 5.73 Å². The zero-order valence-corrected chi connectivity index (χ0v) is 12.2. The van der Waals surface area contributed by atoms with E-state index in [1.54, 1.807) is 9.69 Å². The first-order valence-electron chi connectivity index (χ1n) is 5.39. The monoisotopic (exact) mass is 292 g/mol. The Labute approximate surface area is 110 Å². The second kappa shape index (κ2) is 4.79. The highest BCUT2D eigenvalue weighted by Crippen LogP contribution is 2.31. The molecule has 7 heteroatoms. The van der Waals surface area contributed by atoms with Crippen LogP contribution >= 0.6 is 23.1 Å². The molecule has 0 bridgehead atoms. The van der Waals surface area contributed by atoms with Crippen LogP contribution in [0.2, 0.25) is 0 Å². The van der Waals surface area contributed by atoms with Crippen LogP contribution in [0.15, 0.2) is 15.7 Å². The fourth-order valence-corrected chi connectivity index (χ4v) is 6.28. The number of sulfonamides is 1. The van der Waals surface area contributed by atoms with Crippen LogP contribution in [0, 0.1) is 0 Å². The third-order valence-corrected chi connectivity index (χ3v) is 7.07. The highest BCUT2D eigenvalue weighted by molar-refractivity contribution is 8.00. The SMILES string of the molecule is CC1CN(S(=O)(=O)c2cc(N)cs2)CC(C)S1. The maximum atomic E-state index is 12.4. The number of thiophene rings is 1. The molecular weight excluding hydrogens is 276 g/mol. The van der Waals surface area contributed by atoms with Gasteiger partial charge in [0.1, 0.15) is 4.21 Å². The molecule has 96 valence electrons. The van der Waals surface area contributed by atoms with Crippen LogP contribution in [0.25, 0.3) is 0 Å². The summed E-state index contributed by atoms with van der Waals surface area (Å²) in [6, 6.07) is 1.54. The van der Waals surface area contributed by atoms with Gasteiger partial charge in [-0.25, -0.2) is 8.42 Å².